The van der Waals surface area contributed by atoms with Crippen molar-refractivity contribution in [2.24, 2.45) is 0 Å². The molecule has 0 aliphatic carbocycles. The van der Waals surface area contributed by atoms with Crippen molar-refractivity contribution < 1.29 is 57.6 Å². The van der Waals surface area contributed by atoms with Crippen molar-refractivity contribution in [3.8, 4) is 33.4 Å². The molecule has 0 bridgehead atoms. The molecule has 9 aromatic carbocycles. The number of ether oxygens (including phenoxy) is 4. The molecule has 8 N–H and O–H groups in total. The third-order valence-electron chi connectivity index (χ3n) is 20.6. The van der Waals surface area contributed by atoms with Crippen LogP contribution >= 0.6 is 0 Å². The van der Waals surface area contributed by atoms with E-state index in [1.807, 2.05) is 226 Å². The topological polar surface area (TPSA) is 320 Å². The molecule has 12 aromatic rings. The summed E-state index contributed by atoms with van der Waals surface area (Å²) in [7, 11) is 0. The molecular weight excluding hydrogens is 1580 g/mol. The summed E-state index contributed by atoms with van der Waals surface area (Å²) in [6.45, 7) is 31.2. The van der Waals surface area contributed by atoms with E-state index in [9.17, 15) is 33.6 Å². The lowest BCUT2D eigenvalue weighted by atomic mass is 9.97. The SMILES string of the molecule is CC(C)(C)OC(=O)N1CCN(c2ccc3cc(C(=O)O)ncc3c2)CC1.CC(C)(C)OC(=O)Nc1ccc(-c2ccccc2)cc1CC(=O)c1cc2ccc(N3CCN(C(=O)OC(C)(C)C)CC3)cc2cn1.CC(C)(C)OC(=O)Nc1ccc(-c2ccccc2)cc1N.Nc1ccc(-c2ccccc2)cc1CC(=O)c1cc2ccc(N3CCNCC3)cc2cn1. The molecular formula is C100H111N13O12. The van der Waals surface area contributed by atoms with Crippen molar-refractivity contribution in [2.45, 2.75) is 118 Å². The van der Waals surface area contributed by atoms with Crippen LogP contribution in [0.15, 0.2) is 237 Å². The van der Waals surface area contributed by atoms with Gasteiger partial charge in [-0.25, -0.2) is 29.0 Å². The molecule has 3 aliphatic heterocycles. The number of anilines is 7. The molecule has 0 atom stereocenters. The first-order valence-corrected chi connectivity index (χ1v) is 42.0. The highest BCUT2D eigenvalue weighted by Gasteiger charge is 2.30. The summed E-state index contributed by atoms with van der Waals surface area (Å²) in [5, 5.41) is 23.5. The van der Waals surface area contributed by atoms with Gasteiger partial charge in [-0.2, -0.15) is 0 Å². The number of rotatable bonds is 15. The highest BCUT2D eigenvalue weighted by Crippen LogP contribution is 2.34. The van der Waals surface area contributed by atoms with Gasteiger partial charge in [0.1, 0.15) is 39.5 Å². The number of Topliss-reactive ketones (excluding diaryl/α,β-unsaturated/α-hetero) is 2. The number of carbonyl (C=O) groups is 7. The number of piperazine rings is 3. The van der Waals surface area contributed by atoms with E-state index in [1.165, 1.54) is 5.69 Å². The lowest BCUT2D eigenvalue weighted by Crippen LogP contribution is -2.50. The second kappa shape index (κ2) is 39.9. The van der Waals surface area contributed by atoms with Gasteiger partial charge in [-0.3, -0.25) is 30.2 Å². The first kappa shape index (κ1) is 90.3. The maximum Gasteiger partial charge on any atom is 0.412 e. The van der Waals surface area contributed by atoms with Crippen LogP contribution in [0.3, 0.4) is 0 Å². The second-order valence-electron chi connectivity index (χ2n) is 34.9. The number of nitrogens with two attached hydrogens (primary N) is 2. The number of amides is 4. The number of nitrogens with zero attached hydrogens (tertiary/aromatic N) is 8. The maximum atomic E-state index is 13.6. The summed E-state index contributed by atoms with van der Waals surface area (Å²) >= 11 is 0. The van der Waals surface area contributed by atoms with Crippen LogP contribution in [0.25, 0.3) is 65.7 Å². The smallest absolute Gasteiger partial charge is 0.412 e. The second-order valence-corrected chi connectivity index (χ2v) is 34.9. The number of aromatic carboxylic acids is 1. The minimum absolute atomic E-state index is 0.0324. The Morgan fingerprint density at radius 2 is 0.696 bits per heavy atom. The van der Waals surface area contributed by atoms with Gasteiger partial charge in [-0.05, 0) is 235 Å². The monoisotopic (exact) mass is 1690 g/mol. The number of aromatic nitrogens is 3. The minimum Gasteiger partial charge on any atom is -0.477 e. The molecule has 6 heterocycles. The summed E-state index contributed by atoms with van der Waals surface area (Å²) < 4.78 is 21.6. The van der Waals surface area contributed by atoms with E-state index in [1.54, 1.807) is 67.4 Å². The zero-order valence-electron chi connectivity index (χ0n) is 73.1. The van der Waals surface area contributed by atoms with E-state index in [-0.39, 0.29) is 42.3 Å². The van der Waals surface area contributed by atoms with E-state index < -0.39 is 40.6 Å². The number of fused-ring (bicyclic) bond motifs is 3. The van der Waals surface area contributed by atoms with Gasteiger partial charge in [-0.15, -0.1) is 0 Å². The average Bonchev–Trinajstić information content (AvgIpc) is 0.806. The third-order valence-corrected chi connectivity index (χ3v) is 20.6. The Labute approximate surface area is 730 Å². The zero-order valence-corrected chi connectivity index (χ0v) is 73.1. The fourth-order valence-corrected chi connectivity index (χ4v) is 14.4. The highest BCUT2D eigenvalue weighted by atomic mass is 16.6. The Hall–Kier alpha value is -13.9. The van der Waals surface area contributed by atoms with E-state index in [2.05, 4.69) is 82.0 Å². The van der Waals surface area contributed by atoms with Gasteiger partial charge in [0, 0.05) is 155 Å². The Kier molecular flexibility index (Phi) is 28.8. The molecule has 25 nitrogen and oxygen atoms in total. The Morgan fingerprint density at radius 3 is 1.09 bits per heavy atom. The van der Waals surface area contributed by atoms with E-state index in [4.69, 9.17) is 35.5 Å². The van der Waals surface area contributed by atoms with E-state index in [0.29, 0.717) is 92.1 Å². The minimum atomic E-state index is -1.03. The van der Waals surface area contributed by atoms with E-state index in [0.717, 1.165) is 109 Å². The van der Waals surface area contributed by atoms with Crippen molar-refractivity contribution in [2.75, 3.05) is 115 Å². The number of pyridine rings is 3. The van der Waals surface area contributed by atoms with Crippen LogP contribution < -0.4 is 42.1 Å². The number of hydrogen-bond acceptors (Lipinski definition) is 20. The van der Waals surface area contributed by atoms with Crippen molar-refractivity contribution in [3.63, 3.8) is 0 Å². The number of ketones is 2. The average molecular weight is 1690 g/mol. The molecule has 4 amide bonds. The Balaban J connectivity index is 0.000000158. The van der Waals surface area contributed by atoms with Gasteiger partial charge >= 0.3 is 30.3 Å². The maximum absolute atomic E-state index is 13.6. The summed E-state index contributed by atoms with van der Waals surface area (Å²) in [6.07, 6.45) is 3.73. The van der Waals surface area contributed by atoms with Crippen molar-refractivity contribution in [1.29, 1.82) is 0 Å². The summed E-state index contributed by atoms with van der Waals surface area (Å²) in [4.78, 5) is 110. The number of carboxylic acid groups (broad SMARTS) is 1. The lowest BCUT2D eigenvalue weighted by Gasteiger charge is -2.36. The number of benzene rings is 9. The van der Waals surface area contributed by atoms with Crippen LogP contribution in [0.1, 0.15) is 126 Å². The van der Waals surface area contributed by atoms with Crippen LogP contribution in [0.4, 0.5) is 59.0 Å². The number of carboxylic acids is 1. The van der Waals surface area contributed by atoms with Crippen LogP contribution in [0.2, 0.25) is 0 Å². The predicted octanol–water partition coefficient (Wildman–Crippen LogP) is 19.3. The predicted molar refractivity (Wildman–Crippen MR) is 498 cm³/mol. The molecule has 3 aliphatic rings. The van der Waals surface area contributed by atoms with Crippen molar-refractivity contribution >= 4 is 114 Å². The van der Waals surface area contributed by atoms with Crippen LogP contribution in [-0.4, -0.2) is 173 Å². The molecule has 0 unspecified atom stereocenters. The Bertz CT molecular complexity index is 5850. The van der Waals surface area contributed by atoms with Gasteiger partial charge in [0.05, 0.1) is 11.4 Å². The summed E-state index contributed by atoms with van der Waals surface area (Å²) in [5.41, 5.74) is 24.0. The molecule has 125 heavy (non-hydrogen) atoms. The quantitative estimate of drug-likeness (QED) is 0.0315. The first-order chi connectivity index (χ1) is 59.5. The fraction of sp³-hybridized carbons (Fsp3) is 0.300. The molecule has 3 aromatic heterocycles. The van der Waals surface area contributed by atoms with Gasteiger partial charge in [0.15, 0.2) is 11.6 Å². The van der Waals surface area contributed by atoms with Gasteiger partial charge in [0.2, 0.25) is 0 Å². The first-order valence-electron chi connectivity index (χ1n) is 42.0. The molecule has 15 rings (SSSR count). The number of nitrogen functional groups attached to an aromatic ring is 2. The largest absolute Gasteiger partial charge is 0.477 e. The Morgan fingerprint density at radius 1 is 0.352 bits per heavy atom. The molecule has 3 fully saturated rings. The number of carbonyl (C=O) groups excluding carboxylic acids is 6. The molecule has 3 saturated heterocycles. The van der Waals surface area contributed by atoms with Crippen LogP contribution in [-0.2, 0) is 31.8 Å². The molecule has 0 spiro atoms. The van der Waals surface area contributed by atoms with Crippen LogP contribution in [0, 0.1) is 0 Å². The zero-order chi connectivity index (χ0) is 89.3. The molecule has 0 saturated carbocycles. The van der Waals surface area contributed by atoms with Gasteiger partial charge in [-0.1, -0.05) is 127 Å². The molecule has 0 radical (unpaired) electrons. The van der Waals surface area contributed by atoms with E-state index >= 15 is 0 Å². The standard InChI is InChI=1S/C37H42N4O5.C27H26N4O.C19H23N3O4.C17H20N2O2/c1-36(2,3)45-34(43)39-31-15-13-26(25-10-8-7-9-11-25)20-28(31)23-33(42)32-22-27-12-14-30(21-29(27)24-38-32)40-16-18-41(19-17-40)35(44)46-37(4,5)6;28-25-9-7-20(19-4-2-1-3-5-19)14-22(25)17-27(32)26-16-21-6-8-24(15-23(21)18-30-26)31-12-10-29-11-13-31;1-19(2,3)26-18(25)22-8-6-21(7-9-22)15-5-4-13-11-16(17(23)24)20-12-14(13)10-15;1-17(2,3)21-16(20)19-15-10-9-13(11-14(15)18)12-7-5-4-6-8-12/h7-15,20-22,24H,16-19,23H2,1-6H3,(H,39,43);1-9,14-16,18,29H,10-13,17,28H2;4-5,10-12H,6-9H2,1-3H3,(H,23,24);4-11H,18H2,1-3H3,(H,19,20). The van der Waals surface area contributed by atoms with Gasteiger partial charge in [0.25, 0.3) is 0 Å². The van der Waals surface area contributed by atoms with Crippen molar-refractivity contribution in [3.05, 3.63) is 265 Å². The normalized spacial score (nSPS) is 13.6. The summed E-state index contributed by atoms with van der Waals surface area (Å²) in [5.74, 6) is -1.23. The number of nitrogens with one attached hydrogen (secondary N) is 3. The third kappa shape index (κ3) is 25.8. The van der Waals surface area contributed by atoms with Crippen molar-refractivity contribution in [1.82, 2.24) is 30.1 Å². The van der Waals surface area contributed by atoms with Crippen LogP contribution in [0.5, 0.6) is 0 Å². The molecule has 25 heteroatoms. The fourth-order valence-electron chi connectivity index (χ4n) is 14.4. The molecule has 648 valence electrons. The van der Waals surface area contributed by atoms with Gasteiger partial charge < -0.3 is 65.3 Å². The number of hydrogen-bond donors (Lipinski definition) is 6. The lowest BCUT2D eigenvalue weighted by molar-refractivity contribution is 0.0230. The highest BCUT2D eigenvalue weighted by molar-refractivity contribution is 6.02. The summed E-state index contributed by atoms with van der Waals surface area (Å²) in [6, 6.07) is 70.5.